The number of hydrogen-bond donors (Lipinski definition) is 2. The van der Waals surface area contributed by atoms with Crippen molar-refractivity contribution in [3.8, 4) is 0 Å². The molecular weight excluding hydrogens is 206 g/mol. The number of rotatable bonds is 4. The summed E-state index contributed by atoms with van der Waals surface area (Å²) < 4.78 is 0.812. The van der Waals surface area contributed by atoms with Crippen LogP contribution >= 0.6 is 22.9 Å². The molecule has 1 aromatic rings. The first-order valence-electron chi connectivity index (χ1n) is 4.13. The largest absolute Gasteiger partial charge is 0.381 e. The van der Waals surface area contributed by atoms with Gasteiger partial charge in [0.2, 0.25) is 0 Å². The van der Waals surface area contributed by atoms with Crippen molar-refractivity contribution < 1.29 is 5.11 Å². The second-order valence-corrected chi connectivity index (χ2v) is 5.29. The van der Waals surface area contributed by atoms with Gasteiger partial charge in [-0.15, -0.1) is 11.3 Å². The molecule has 0 saturated carbocycles. The SMILES string of the molecule is CC(C)(CNCO)c1ccc(Cl)s1. The molecule has 0 aromatic carbocycles. The number of thiophene rings is 1. The van der Waals surface area contributed by atoms with Crippen LogP contribution in [0.2, 0.25) is 4.34 Å². The molecule has 2 N–H and O–H groups in total. The van der Waals surface area contributed by atoms with Crippen LogP contribution in [0, 0.1) is 0 Å². The number of aliphatic hydroxyl groups is 1. The maximum atomic E-state index is 8.65. The van der Waals surface area contributed by atoms with Crippen LogP contribution in [0.25, 0.3) is 0 Å². The second kappa shape index (κ2) is 4.42. The highest BCUT2D eigenvalue weighted by Gasteiger charge is 2.21. The Morgan fingerprint density at radius 3 is 2.69 bits per heavy atom. The van der Waals surface area contributed by atoms with E-state index in [4.69, 9.17) is 16.7 Å². The first-order chi connectivity index (χ1) is 6.06. The van der Waals surface area contributed by atoms with E-state index in [9.17, 15) is 0 Å². The van der Waals surface area contributed by atoms with Gasteiger partial charge in [-0.2, -0.15) is 0 Å². The van der Waals surface area contributed by atoms with Gasteiger partial charge in [-0.1, -0.05) is 25.4 Å². The molecule has 0 aliphatic carbocycles. The minimum Gasteiger partial charge on any atom is -0.381 e. The molecule has 0 saturated heterocycles. The third-order valence-corrected chi connectivity index (χ3v) is 3.52. The van der Waals surface area contributed by atoms with Crippen molar-refractivity contribution in [3.63, 3.8) is 0 Å². The van der Waals surface area contributed by atoms with E-state index in [-0.39, 0.29) is 12.1 Å². The van der Waals surface area contributed by atoms with Crippen LogP contribution in [0.3, 0.4) is 0 Å². The highest BCUT2D eigenvalue weighted by atomic mass is 35.5. The Morgan fingerprint density at radius 1 is 1.54 bits per heavy atom. The number of nitrogens with one attached hydrogen (secondary N) is 1. The van der Waals surface area contributed by atoms with E-state index in [0.29, 0.717) is 0 Å². The van der Waals surface area contributed by atoms with Crippen LogP contribution in [0.4, 0.5) is 0 Å². The van der Waals surface area contributed by atoms with Crippen LogP contribution in [0.15, 0.2) is 12.1 Å². The Labute approximate surface area is 87.5 Å². The van der Waals surface area contributed by atoms with Gasteiger partial charge >= 0.3 is 0 Å². The van der Waals surface area contributed by atoms with Crippen molar-refractivity contribution in [2.24, 2.45) is 0 Å². The van der Waals surface area contributed by atoms with E-state index in [1.54, 1.807) is 11.3 Å². The Hall–Kier alpha value is -0.0900. The van der Waals surface area contributed by atoms with E-state index in [0.717, 1.165) is 10.9 Å². The lowest BCUT2D eigenvalue weighted by Gasteiger charge is -2.22. The van der Waals surface area contributed by atoms with Gasteiger partial charge in [0, 0.05) is 16.8 Å². The van der Waals surface area contributed by atoms with Crippen molar-refractivity contribution >= 4 is 22.9 Å². The molecule has 13 heavy (non-hydrogen) atoms. The summed E-state index contributed by atoms with van der Waals surface area (Å²) in [4.78, 5) is 1.23. The van der Waals surface area contributed by atoms with Crippen molar-refractivity contribution in [3.05, 3.63) is 21.3 Å². The molecule has 0 spiro atoms. The molecule has 1 aromatic heterocycles. The topological polar surface area (TPSA) is 32.3 Å². The van der Waals surface area contributed by atoms with E-state index in [1.165, 1.54) is 4.88 Å². The molecule has 0 amide bonds. The minimum atomic E-state index is 0.0164. The minimum absolute atomic E-state index is 0.0164. The maximum Gasteiger partial charge on any atom is 0.0931 e. The van der Waals surface area contributed by atoms with Crippen LogP contribution in [-0.4, -0.2) is 18.4 Å². The number of halogens is 1. The smallest absolute Gasteiger partial charge is 0.0931 e. The van der Waals surface area contributed by atoms with Gasteiger partial charge in [0.1, 0.15) is 0 Å². The van der Waals surface area contributed by atoms with E-state index in [2.05, 4.69) is 19.2 Å². The normalized spacial score (nSPS) is 12.0. The third kappa shape index (κ3) is 2.95. The molecule has 1 heterocycles. The molecular formula is C9H14ClNOS. The Kier molecular flexibility index (Phi) is 3.74. The summed E-state index contributed by atoms with van der Waals surface area (Å²) in [6.07, 6.45) is 0. The van der Waals surface area contributed by atoms with Gasteiger partial charge in [0.05, 0.1) is 11.1 Å². The summed E-state index contributed by atoms with van der Waals surface area (Å²) in [5.74, 6) is 0. The average molecular weight is 220 g/mol. The molecule has 0 atom stereocenters. The van der Waals surface area contributed by atoms with Gasteiger partial charge in [0.15, 0.2) is 0 Å². The van der Waals surface area contributed by atoms with Crippen LogP contribution in [-0.2, 0) is 5.41 Å². The first-order valence-corrected chi connectivity index (χ1v) is 5.33. The predicted octanol–water partition coefficient (Wildman–Crippen LogP) is 2.22. The Morgan fingerprint density at radius 2 is 2.23 bits per heavy atom. The fourth-order valence-corrected chi connectivity index (χ4v) is 2.28. The molecule has 0 unspecified atom stereocenters. The van der Waals surface area contributed by atoms with Crippen molar-refractivity contribution in [2.75, 3.05) is 13.3 Å². The van der Waals surface area contributed by atoms with Crippen molar-refractivity contribution in [1.82, 2.24) is 5.32 Å². The van der Waals surface area contributed by atoms with E-state index < -0.39 is 0 Å². The van der Waals surface area contributed by atoms with Gasteiger partial charge in [-0.05, 0) is 12.1 Å². The lowest BCUT2D eigenvalue weighted by Crippen LogP contribution is -2.32. The average Bonchev–Trinajstić information content (AvgIpc) is 2.49. The van der Waals surface area contributed by atoms with Gasteiger partial charge < -0.3 is 5.11 Å². The molecule has 4 heteroatoms. The standard InChI is InChI=1S/C9H14ClNOS/c1-9(2,5-11-6-12)7-3-4-8(10)13-7/h3-4,11-12H,5-6H2,1-2H3. The van der Waals surface area contributed by atoms with Crippen LogP contribution in [0.1, 0.15) is 18.7 Å². The van der Waals surface area contributed by atoms with Crippen LogP contribution in [0.5, 0.6) is 0 Å². The van der Waals surface area contributed by atoms with Gasteiger partial charge in [-0.3, -0.25) is 5.32 Å². The predicted molar refractivity (Wildman–Crippen MR) is 57.4 cm³/mol. The Bertz CT molecular complexity index is 272. The molecule has 0 bridgehead atoms. The number of hydrogen-bond acceptors (Lipinski definition) is 3. The lowest BCUT2D eigenvalue weighted by atomic mass is 9.92. The van der Waals surface area contributed by atoms with E-state index >= 15 is 0 Å². The Balaban J connectivity index is 2.68. The lowest BCUT2D eigenvalue weighted by molar-refractivity contribution is 0.248. The maximum absolute atomic E-state index is 8.65. The summed E-state index contributed by atoms with van der Waals surface area (Å²) >= 11 is 7.44. The first kappa shape index (κ1) is 11.0. The second-order valence-electron chi connectivity index (χ2n) is 3.57. The van der Waals surface area contributed by atoms with Crippen LogP contribution < -0.4 is 5.32 Å². The third-order valence-electron chi connectivity index (χ3n) is 1.92. The summed E-state index contributed by atoms with van der Waals surface area (Å²) in [6.45, 7) is 5.01. The molecule has 0 radical (unpaired) electrons. The molecule has 0 aliphatic rings. The molecule has 0 fully saturated rings. The van der Waals surface area contributed by atoms with Gasteiger partial charge in [-0.25, -0.2) is 0 Å². The quantitative estimate of drug-likeness (QED) is 0.762. The monoisotopic (exact) mass is 219 g/mol. The summed E-state index contributed by atoms with van der Waals surface area (Å²) in [7, 11) is 0. The number of aliphatic hydroxyl groups excluding tert-OH is 1. The molecule has 74 valence electrons. The molecule has 0 aliphatic heterocycles. The molecule has 1 rings (SSSR count). The van der Waals surface area contributed by atoms with E-state index in [1.807, 2.05) is 12.1 Å². The summed E-state index contributed by atoms with van der Waals surface area (Å²) in [6, 6.07) is 3.94. The highest BCUT2D eigenvalue weighted by Crippen LogP contribution is 2.31. The van der Waals surface area contributed by atoms with Gasteiger partial charge in [0.25, 0.3) is 0 Å². The van der Waals surface area contributed by atoms with Crippen molar-refractivity contribution in [2.45, 2.75) is 19.3 Å². The molecule has 2 nitrogen and oxygen atoms in total. The zero-order chi connectivity index (χ0) is 9.90. The zero-order valence-electron chi connectivity index (χ0n) is 7.80. The fourth-order valence-electron chi connectivity index (χ4n) is 1.13. The summed E-state index contributed by atoms with van der Waals surface area (Å²) in [5, 5.41) is 11.6. The fraction of sp³-hybridized carbons (Fsp3) is 0.556. The highest BCUT2D eigenvalue weighted by molar-refractivity contribution is 7.16. The zero-order valence-corrected chi connectivity index (χ0v) is 9.37. The summed E-state index contributed by atoms with van der Waals surface area (Å²) in [5.41, 5.74) is 0.0283. The van der Waals surface area contributed by atoms with Crippen molar-refractivity contribution in [1.29, 1.82) is 0 Å².